The van der Waals surface area contributed by atoms with Gasteiger partial charge in [-0.3, -0.25) is 0 Å². The van der Waals surface area contributed by atoms with Gasteiger partial charge in [-0.05, 0) is 17.5 Å². The van der Waals surface area contributed by atoms with Gasteiger partial charge in [0.05, 0.1) is 16.7 Å². The molecule has 2 nitrogen and oxygen atoms in total. The quantitative estimate of drug-likeness (QED) is 0.721. The zero-order chi connectivity index (χ0) is 11.1. The van der Waals surface area contributed by atoms with Gasteiger partial charge in [0, 0.05) is 12.6 Å². The van der Waals surface area contributed by atoms with Crippen molar-refractivity contribution in [1.82, 2.24) is 9.38 Å². The highest BCUT2D eigenvalue weighted by molar-refractivity contribution is 6.33. The first-order valence-corrected chi connectivity index (χ1v) is 5.46. The highest BCUT2D eigenvalue weighted by atomic mass is 35.5. The Morgan fingerprint density at radius 2 is 2.13 bits per heavy atom. The Hall–Kier alpha value is -1.02. The largest absolute Gasteiger partial charge is 0.302 e. The first kappa shape index (κ1) is 10.5. The van der Waals surface area contributed by atoms with Crippen LogP contribution in [0.2, 0.25) is 5.02 Å². The van der Waals surface area contributed by atoms with E-state index >= 15 is 0 Å². The van der Waals surface area contributed by atoms with Crippen molar-refractivity contribution in [3.05, 3.63) is 35.4 Å². The normalized spacial score (nSPS) is 12.3. The summed E-state index contributed by atoms with van der Waals surface area (Å²) in [6.45, 7) is 6.62. The highest BCUT2D eigenvalue weighted by Crippen LogP contribution is 2.23. The number of hydrogen-bond acceptors (Lipinski definition) is 1. The van der Waals surface area contributed by atoms with Crippen LogP contribution < -0.4 is 0 Å². The summed E-state index contributed by atoms with van der Waals surface area (Å²) in [4.78, 5) is 4.42. The van der Waals surface area contributed by atoms with Crippen LogP contribution in [0.25, 0.3) is 5.52 Å². The van der Waals surface area contributed by atoms with Gasteiger partial charge in [0.15, 0.2) is 0 Å². The van der Waals surface area contributed by atoms with Crippen LogP contribution in [0.1, 0.15) is 26.6 Å². The summed E-state index contributed by atoms with van der Waals surface area (Å²) in [7, 11) is 0. The lowest BCUT2D eigenvalue weighted by Crippen LogP contribution is -2.11. The van der Waals surface area contributed by atoms with E-state index in [0.717, 1.165) is 22.8 Å². The maximum atomic E-state index is 6.08. The van der Waals surface area contributed by atoms with Gasteiger partial charge in [0.2, 0.25) is 0 Å². The molecule has 0 fully saturated rings. The first-order valence-electron chi connectivity index (χ1n) is 5.08. The number of fused-ring (bicyclic) bond motifs is 1. The summed E-state index contributed by atoms with van der Waals surface area (Å²) in [6, 6.07) is 3.84. The zero-order valence-corrected chi connectivity index (χ0v) is 10.0. The molecule has 15 heavy (non-hydrogen) atoms. The molecule has 0 aliphatic heterocycles. The number of pyridine rings is 1. The Morgan fingerprint density at radius 3 is 2.80 bits per heavy atom. The molecule has 0 N–H and O–H groups in total. The van der Waals surface area contributed by atoms with Crippen molar-refractivity contribution in [2.45, 2.75) is 27.2 Å². The monoisotopic (exact) mass is 222 g/mol. The molecule has 3 heteroatoms. The van der Waals surface area contributed by atoms with E-state index in [1.165, 1.54) is 0 Å². The second-order valence-corrected chi connectivity index (χ2v) is 5.43. The van der Waals surface area contributed by atoms with E-state index in [-0.39, 0.29) is 5.41 Å². The summed E-state index contributed by atoms with van der Waals surface area (Å²) >= 11 is 6.08. The third-order valence-corrected chi connectivity index (χ3v) is 2.60. The van der Waals surface area contributed by atoms with Crippen molar-refractivity contribution in [1.29, 1.82) is 0 Å². The second-order valence-electron chi connectivity index (χ2n) is 5.02. The molecule has 0 aromatic carbocycles. The molecule has 0 amide bonds. The Labute approximate surface area is 94.9 Å². The topological polar surface area (TPSA) is 17.3 Å². The molecule has 0 atom stereocenters. The SMILES string of the molecule is CC(C)(C)Cc1ncc2c(Cl)cccn12. The van der Waals surface area contributed by atoms with Gasteiger partial charge in [0.1, 0.15) is 5.82 Å². The van der Waals surface area contributed by atoms with Crippen LogP contribution in [-0.4, -0.2) is 9.38 Å². The molecular formula is C12H15ClN2. The molecule has 2 rings (SSSR count). The molecule has 2 heterocycles. The fourth-order valence-corrected chi connectivity index (χ4v) is 1.86. The predicted octanol–water partition coefficient (Wildman–Crippen LogP) is 3.58. The van der Waals surface area contributed by atoms with Gasteiger partial charge < -0.3 is 4.40 Å². The van der Waals surface area contributed by atoms with Crippen molar-refractivity contribution in [3.63, 3.8) is 0 Å². The van der Waals surface area contributed by atoms with Crippen molar-refractivity contribution in [2.24, 2.45) is 5.41 Å². The number of hydrogen-bond donors (Lipinski definition) is 0. The number of imidazole rings is 1. The maximum Gasteiger partial charge on any atom is 0.113 e. The highest BCUT2D eigenvalue weighted by Gasteiger charge is 2.15. The fraction of sp³-hybridized carbons (Fsp3) is 0.417. The van der Waals surface area contributed by atoms with Crippen molar-refractivity contribution < 1.29 is 0 Å². The standard InChI is InChI=1S/C12H15ClN2/c1-12(2,3)7-11-14-8-10-9(13)5-4-6-15(10)11/h4-6,8H,7H2,1-3H3. The Balaban J connectivity index is 2.50. The minimum atomic E-state index is 0.240. The smallest absolute Gasteiger partial charge is 0.113 e. The second kappa shape index (κ2) is 3.53. The Morgan fingerprint density at radius 1 is 1.40 bits per heavy atom. The van der Waals surface area contributed by atoms with Crippen LogP contribution >= 0.6 is 11.6 Å². The van der Waals surface area contributed by atoms with Gasteiger partial charge in [-0.1, -0.05) is 32.4 Å². The molecule has 0 bridgehead atoms. The van der Waals surface area contributed by atoms with Gasteiger partial charge in [-0.25, -0.2) is 4.98 Å². The minimum absolute atomic E-state index is 0.240. The molecule has 0 aliphatic rings. The van der Waals surface area contributed by atoms with Crippen LogP contribution in [0.4, 0.5) is 0 Å². The lowest BCUT2D eigenvalue weighted by molar-refractivity contribution is 0.400. The molecule has 2 aromatic heterocycles. The van der Waals surface area contributed by atoms with Crippen LogP contribution in [0, 0.1) is 5.41 Å². The predicted molar refractivity (Wildman–Crippen MR) is 63.4 cm³/mol. The molecule has 0 saturated carbocycles. The average Bonchev–Trinajstić information content (AvgIpc) is 2.48. The summed E-state index contributed by atoms with van der Waals surface area (Å²) in [5, 5.41) is 0.755. The summed E-state index contributed by atoms with van der Waals surface area (Å²) in [5.41, 5.74) is 1.22. The lowest BCUT2D eigenvalue weighted by Gasteiger charge is -2.16. The van der Waals surface area contributed by atoms with E-state index in [1.54, 1.807) is 0 Å². The molecule has 0 radical (unpaired) electrons. The van der Waals surface area contributed by atoms with E-state index in [4.69, 9.17) is 11.6 Å². The molecular weight excluding hydrogens is 208 g/mol. The van der Waals surface area contributed by atoms with E-state index < -0.39 is 0 Å². The summed E-state index contributed by atoms with van der Waals surface area (Å²) in [5.74, 6) is 1.07. The Kier molecular flexibility index (Phi) is 2.47. The van der Waals surface area contributed by atoms with Crippen LogP contribution in [0.15, 0.2) is 24.5 Å². The Bertz CT molecular complexity index is 480. The van der Waals surface area contributed by atoms with Crippen LogP contribution in [0.5, 0.6) is 0 Å². The fourth-order valence-electron chi connectivity index (χ4n) is 1.65. The molecule has 0 saturated heterocycles. The van der Waals surface area contributed by atoms with Gasteiger partial charge in [0.25, 0.3) is 0 Å². The van der Waals surface area contributed by atoms with Gasteiger partial charge in [-0.15, -0.1) is 0 Å². The third-order valence-electron chi connectivity index (χ3n) is 2.28. The van der Waals surface area contributed by atoms with Crippen molar-refractivity contribution in [3.8, 4) is 0 Å². The lowest BCUT2D eigenvalue weighted by atomic mass is 9.92. The number of halogens is 1. The molecule has 2 aromatic rings. The summed E-state index contributed by atoms with van der Waals surface area (Å²) < 4.78 is 2.06. The minimum Gasteiger partial charge on any atom is -0.302 e. The average molecular weight is 223 g/mol. The van der Waals surface area contributed by atoms with Gasteiger partial charge >= 0.3 is 0 Å². The molecule has 0 unspecified atom stereocenters. The van der Waals surface area contributed by atoms with E-state index in [9.17, 15) is 0 Å². The third kappa shape index (κ3) is 2.15. The van der Waals surface area contributed by atoms with Gasteiger partial charge in [-0.2, -0.15) is 0 Å². The van der Waals surface area contributed by atoms with Crippen LogP contribution in [-0.2, 0) is 6.42 Å². The summed E-state index contributed by atoms with van der Waals surface area (Å²) in [6.07, 6.45) is 4.79. The number of nitrogens with zero attached hydrogens (tertiary/aromatic N) is 2. The van der Waals surface area contributed by atoms with E-state index in [0.29, 0.717) is 0 Å². The van der Waals surface area contributed by atoms with Crippen molar-refractivity contribution in [2.75, 3.05) is 0 Å². The van der Waals surface area contributed by atoms with E-state index in [1.807, 2.05) is 24.5 Å². The van der Waals surface area contributed by atoms with Crippen LogP contribution in [0.3, 0.4) is 0 Å². The number of rotatable bonds is 1. The number of aromatic nitrogens is 2. The molecule has 0 spiro atoms. The first-order chi connectivity index (χ1) is 6.97. The maximum absolute atomic E-state index is 6.08. The molecule has 80 valence electrons. The zero-order valence-electron chi connectivity index (χ0n) is 9.29. The van der Waals surface area contributed by atoms with Crippen molar-refractivity contribution >= 4 is 17.1 Å². The van der Waals surface area contributed by atoms with E-state index in [2.05, 4.69) is 30.2 Å². The molecule has 0 aliphatic carbocycles.